The van der Waals surface area contributed by atoms with E-state index in [9.17, 15) is 4.39 Å². The van der Waals surface area contributed by atoms with Crippen LogP contribution in [-0.2, 0) is 6.42 Å². The predicted molar refractivity (Wildman–Crippen MR) is 75.2 cm³/mol. The maximum Gasteiger partial charge on any atom is 0.126 e. The van der Waals surface area contributed by atoms with Crippen LogP contribution < -0.4 is 5.32 Å². The van der Waals surface area contributed by atoms with Crippen LogP contribution in [0.1, 0.15) is 25.3 Å². The molecule has 0 radical (unpaired) electrons. The minimum Gasteiger partial charge on any atom is -0.314 e. The van der Waals surface area contributed by atoms with E-state index in [2.05, 4.69) is 18.5 Å². The molecular formula is C14H22FNS. The van der Waals surface area contributed by atoms with Crippen LogP contribution in [0, 0.1) is 5.82 Å². The normalized spacial score (nSPS) is 12.6. The molecule has 1 N–H and O–H groups in total. The van der Waals surface area contributed by atoms with Gasteiger partial charge in [-0.1, -0.05) is 18.2 Å². The Balaban J connectivity index is 2.21. The molecule has 0 aliphatic rings. The summed E-state index contributed by atoms with van der Waals surface area (Å²) in [6.45, 7) is 3.14. The lowest BCUT2D eigenvalue weighted by Crippen LogP contribution is -2.29. The highest BCUT2D eigenvalue weighted by Gasteiger charge is 2.06. The lowest BCUT2D eigenvalue weighted by Gasteiger charge is -2.14. The number of nitrogens with one attached hydrogen (secondary N) is 1. The van der Waals surface area contributed by atoms with Gasteiger partial charge in [0.05, 0.1) is 0 Å². The molecular weight excluding hydrogens is 233 g/mol. The predicted octanol–water partition coefficient (Wildman–Crippen LogP) is 3.49. The van der Waals surface area contributed by atoms with Crippen molar-refractivity contribution in [3.63, 3.8) is 0 Å². The first-order valence-electron chi connectivity index (χ1n) is 6.19. The third-order valence-corrected chi connectivity index (χ3v) is 3.45. The van der Waals surface area contributed by atoms with Crippen LogP contribution in [0.3, 0.4) is 0 Å². The van der Waals surface area contributed by atoms with E-state index in [4.69, 9.17) is 0 Å². The number of hydrogen-bond donors (Lipinski definition) is 1. The van der Waals surface area contributed by atoms with E-state index in [-0.39, 0.29) is 5.82 Å². The highest BCUT2D eigenvalue weighted by atomic mass is 32.2. The topological polar surface area (TPSA) is 12.0 Å². The molecule has 0 amide bonds. The summed E-state index contributed by atoms with van der Waals surface area (Å²) < 4.78 is 13.4. The van der Waals surface area contributed by atoms with Crippen molar-refractivity contribution in [2.24, 2.45) is 0 Å². The van der Waals surface area contributed by atoms with E-state index < -0.39 is 0 Å². The fourth-order valence-electron chi connectivity index (χ4n) is 1.79. The Morgan fingerprint density at radius 3 is 2.76 bits per heavy atom. The Hall–Kier alpha value is -0.540. The molecule has 1 unspecified atom stereocenters. The summed E-state index contributed by atoms with van der Waals surface area (Å²) >= 11 is 1.89. The molecule has 96 valence electrons. The number of hydrogen-bond acceptors (Lipinski definition) is 2. The van der Waals surface area contributed by atoms with E-state index in [1.54, 1.807) is 6.07 Å². The average Bonchev–Trinajstić information content (AvgIpc) is 2.32. The standard InChI is InChI=1S/C14H22FNS/c1-12(16-9-5-6-10-17-2)11-13-7-3-4-8-14(13)15/h3-4,7-8,12,16H,5-6,9-11H2,1-2H3. The zero-order valence-corrected chi connectivity index (χ0v) is 11.5. The maximum atomic E-state index is 13.4. The summed E-state index contributed by atoms with van der Waals surface area (Å²) in [7, 11) is 0. The number of thioether (sulfide) groups is 1. The zero-order valence-electron chi connectivity index (χ0n) is 10.7. The zero-order chi connectivity index (χ0) is 12.5. The molecule has 0 bridgehead atoms. The highest BCUT2D eigenvalue weighted by molar-refractivity contribution is 7.98. The Kier molecular flexibility index (Phi) is 7.29. The third kappa shape index (κ3) is 6.08. The Morgan fingerprint density at radius 2 is 2.06 bits per heavy atom. The first-order valence-corrected chi connectivity index (χ1v) is 7.59. The van der Waals surface area contributed by atoms with Gasteiger partial charge in [0.1, 0.15) is 5.82 Å². The molecule has 0 spiro atoms. The average molecular weight is 255 g/mol. The summed E-state index contributed by atoms with van der Waals surface area (Å²) in [5.41, 5.74) is 0.802. The van der Waals surface area contributed by atoms with Gasteiger partial charge in [0, 0.05) is 6.04 Å². The van der Waals surface area contributed by atoms with Gasteiger partial charge in [-0.05, 0) is 56.4 Å². The summed E-state index contributed by atoms with van der Waals surface area (Å²) in [5, 5.41) is 3.44. The Labute approximate surface area is 108 Å². The molecule has 1 rings (SSSR count). The van der Waals surface area contributed by atoms with Crippen LogP contribution in [0.4, 0.5) is 4.39 Å². The molecule has 0 saturated heterocycles. The van der Waals surface area contributed by atoms with Gasteiger partial charge >= 0.3 is 0 Å². The molecule has 1 aromatic rings. The maximum absolute atomic E-state index is 13.4. The van der Waals surface area contributed by atoms with Crippen molar-refractivity contribution >= 4 is 11.8 Å². The third-order valence-electron chi connectivity index (χ3n) is 2.75. The van der Waals surface area contributed by atoms with Crippen LogP contribution in [0.2, 0.25) is 0 Å². The summed E-state index contributed by atoms with van der Waals surface area (Å²) in [5.74, 6) is 1.13. The van der Waals surface area contributed by atoms with Crippen molar-refractivity contribution in [2.75, 3.05) is 18.6 Å². The molecule has 17 heavy (non-hydrogen) atoms. The van der Waals surface area contributed by atoms with Crippen molar-refractivity contribution in [2.45, 2.75) is 32.2 Å². The monoisotopic (exact) mass is 255 g/mol. The fraction of sp³-hybridized carbons (Fsp3) is 0.571. The Morgan fingerprint density at radius 1 is 1.29 bits per heavy atom. The van der Waals surface area contributed by atoms with Crippen molar-refractivity contribution in [1.82, 2.24) is 5.32 Å². The quantitative estimate of drug-likeness (QED) is 0.714. The van der Waals surface area contributed by atoms with Gasteiger partial charge in [0.25, 0.3) is 0 Å². The second-order valence-electron chi connectivity index (χ2n) is 4.35. The van der Waals surface area contributed by atoms with Crippen LogP contribution in [0.25, 0.3) is 0 Å². The molecule has 0 saturated carbocycles. The summed E-state index contributed by atoms with van der Waals surface area (Å²) in [6.07, 6.45) is 5.34. The minimum absolute atomic E-state index is 0.0940. The second kappa shape index (κ2) is 8.54. The van der Waals surface area contributed by atoms with Crippen LogP contribution in [0.15, 0.2) is 24.3 Å². The second-order valence-corrected chi connectivity index (χ2v) is 5.34. The summed E-state index contributed by atoms with van der Waals surface area (Å²) in [4.78, 5) is 0. The first kappa shape index (κ1) is 14.5. The van der Waals surface area contributed by atoms with E-state index in [1.807, 2.05) is 23.9 Å². The molecule has 0 fully saturated rings. The minimum atomic E-state index is -0.0940. The number of halogens is 1. The van der Waals surface area contributed by atoms with Crippen LogP contribution in [0.5, 0.6) is 0 Å². The van der Waals surface area contributed by atoms with Crippen LogP contribution >= 0.6 is 11.8 Å². The largest absolute Gasteiger partial charge is 0.314 e. The lowest BCUT2D eigenvalue weighted by atomic mass is 10.1. The fourth-order valence-corrected chi connectivity index (χ4v) is 2.28. The Bertz CT molecular complexity index is 317. The molecule has 0 aromatic heterocycles. The molecule has 3 heteroatoms. The van der Waals surface area contributed by atoms with Crippen molar-refractivity contribution in [1.29, 1.82) is 0 Å². The van der Waals surface area contributed by atoms with Crippen molar-refractivity contribution in [3.8, 4) is 0 Å². The van der Waals surface area contributed by atoms with E-state index >= 15 is 0 Å². The van der Waals surface area contributed by atoms with Gasteiger partial charge < -0.3 is 5.32 Å². The van der Waals surface area contributed by atoms with Gasteiger partial charge in [-0.25, -0.2) is 4.39 Å². The molecule has 1 atom stereocenters. The molecule has 0 aliphatic carbocycles. The number of rotatable bonds is 8. The van der Waals surface area contributed by atoms with Crippen molar-refractivity contribution < 1.29 is 4.39 Å². The van der Waals surface area contributed by atoms with Gasteiger partial charge in [-0.3, -0.25) is 0 Å². The SMILES string of the molecule is CSCCCCNC(C)Cc1ccccc1F. The van der Waals surface area contributed by atoms with E-state index in [1.165, 1.54) is 24.7 Å². The van der Waals surface area contributed by atoms with E-state index in [0.29, 0.717) is 6.04 Å². The van der Waals surface area contributed by atoms with Gasteiger partial charge in [-0.2, -0.15) is 11.8 Å². The first-order chi connectivity index (χ1) is 8.24. The smallest absolute Gasteiger partial charge is 0.126 e. The highest BCUT2D eigenvalue weighted by Crippen LogP contribution is 2.09. The number of benzene rings is 1. The molecule has 1 nitrogen and oxygen atoms in total. The van der Waals surface area contributed by atoms with Crippen molar-refractivity contribution in [3.05, 3.63) is 35.6 Å². The van der Waals surface area contributed by atoms with Gasteiger partial charge in [0.15, 0.2) is 0 Å². The number of unbranched alkanes of at least 4 members (excludes halogenated alkanes) is 1. The van der Waals surface area contributed by atoms with Gasteiger partial charge in [0.2, 0.25) is 0 Å². The van der Waals surface area contributed by atoms with Crippen LogP contribution in [-0.4, -0.2) is 24.6 Å². The van der Waals surface area contributed by atoms with E-state index in [0.717, 1.165) is 18.5 Å². The summed E-state index contributed by atoms with van der Waals surface area (Å²) in [6, 6.07) is 7.35. The molecule has 0 aliphatic heterocycles. The van der Waals surface area contributed by atoms with Gasteiger partial charge in [-0.15, -0.1) is 0 Å². The molecule has 0 heterocycles. The lowest BCUT2D eigenvalue weighted by molar-refractivity contribution is 0.517. The molecule has 1 aromatic carbocycles.